The maximum atomic E-state index is 13.3. The summed E-state index contributed by atoms with van der Waals surface area (Å²) in [6, 6.07) is 12.5. The van der Waals surface area contributed by atoms with Gasteiger partial charge >= 0.3 is 0 Å². The molecule has 0 aliphatic carbocycles. The normalized spacial score (nSPS) is 12.5. The second kappa shape index (κ2) is 5.60. The van der Waals surface area contributed by atoms with Gasteiger partial charge in [-0.3, -0.25) is 10.8 Å². The fourth-order valence-electron chi connectivity index (χ4n) is 2.71. The number of nitrogens with zero attached hydrogens (tertiary/aromatic N) is 1. The van der Waals surface area contributed by atoms with Gasteiger partial charge in [-0.05, 0) is 47.2 Å². The first-order chi connectivity index (χ1) is 10.2. The van der Waals surface area contributed by atoms with Crippen molar-refractivity contribution in [2.24, 2.45) is 5.84 Å². The lowest BCUT2D eigenvalue weighted by molar-refractivity contribution is 0.613. The first-order valence-electron chi connectivity index (χ1n) is 6.75. The van der Waals surface area contributed by atoms with Gasteiger partial charge in [0, 0.05) is 17.8 Å². The molecule has 1 unspecified atom stereocenters. The van der Waals surface area contributed by atoms with Crippen molar-refractivity contribution in [3.05, 3.63) is 77.4 Å². The Labute approximate surface area is 122 Å². The monoisotopic (exact) mass is 281 g/mol. The van der Waals surface area contributed by atoms with Crippen molar-refractivity contribution in [3.63, 3.8) is 0 Å². The molecule has 0 spiro atoms. The molecule has 106 valence electrons. The summed E-state index contributed by atoms with van der Waals surface area (Å²) in [6.07, 6.45) is 3.58. The molecule has 1 heterocycles. The molecule has 0 radical (unpaired) electrons. The first-order valence-corrected chi connectivity index (χ1v) is 6.75. The highest BCUT2D eigenvalue weighted by Gasteiger charge is 2.17. The van der Waals surface area contributed by atoms with E-state index in [4.69, 9.17) is 5.84 Å². The second-order valence-electron chi connectivity index (χ2n) is 5.04. The third-order valence-electron chi connectivity index (χ3n) is 3.73. The molecule has 21 heavy (non-hydrogen) atoms. The molecular formula is C17H16FN3. The van der Waals surface area contributed by atoms with Crippen LogP contribution in [0.5, 0.6) is 0 Å². The molecule has 0 saturated carbocycles. The van der Waals surface area contributed by atoms with Crippen LogP contribution >= 0.6 is 0 Å². The number of rotatable bonds is 3. The Morgan fingerprint density at radius 1 is 1.14 bits per heavy atom. The first kappa shape index (κ1) is 13.7. The molecule has 3 aromatic rings. The highest BCUT2D eigenvalue weighted by atomic mass is 19.1. The lowest BCUT2D eigenvalue weighted by Crippen LogP contribution is -2.29. The van der Waals surface area contributed by atoms with E-state index < -0.39 is 0 Å². The highest BCUT2D eigenvalue weighted by Crippen LogP contribution is 2.30. The van der Waals surface area contributed by atoms with Gasteiger partial charge in [0.25, 0.3) is 0 Å². The number of nitrogens with one attached hydrogen (secondary N) is 1. The SMILES string of the molecule is Cc1cc(F)ccc1C(NN)c1cccc2cnccc12. The van der Waals surface area contributed by atoms with Crippen molar-refractivity contribution < 1.29 is 4.39 Å². The quantitative estimate of drug-likeness (QED) is 0.572. The Morgan fingerprint density at radius 3 is 2.76 bits per heavy atom. The molecule has 0 saturated heterocycles. The van der Waals surface area contributed by atoms with Gasteiger partial charge < -0.3 is 0 Å². The van der Waals surface area contributed by atoms with E-state index in [2.05, 4.69) is 10.4 Å². The summed E-state index contributed by atoms with van der Waals surface area (Å²) in [4.78, 5) is 4.14. The minimum absolute atomic E-state index is 0.198. The van der Waals surface area contributed by atoms with Gasteiger partial charge in [0.15, 0.2) is 0 Å². The van der Waals surface area contributed by atoms with Gasteiger partial charge in [-0.25, -0.2) is 9.82 Å². The summed E-state index contributed by atoms with van der Waals surface area (Å²) >= 11 is 0. The van der Waals surface area contributed by atoms with Gasteiger partial charge in [-0.15, -0.1) is 0 Å². The molecule has 1 aromatic heterocycles. The molecule has 4 heteroatoms. The van der Waals surface area contributed by atoms with Crippen LogP contribution in [0.1, 0.15) is 22.7 Å². The maximum absolute atomic E-state index is 13.3. The predicted molar refractivity (Wildman–Crippen MR) is 82.0 cm³/mol. The van der Waals surface area contributed by atoms with E-state index in [1.54, 1.807) is 12.3 Å². The average Bonchev–Trinajstić information content (AvgIpc) is 2.50. The standard InChI is InChI=1S/C17H16FN3/c1-11-9-13(18)5-6-14(11)17(21-19)16-4-2-3-12-10-20-8-7-15(12)16/h2-10,17,21H,19H2,1H3. The van der Waals surface area contributed by atoms with Crippen molar-refractivity contribution >= 4 is 10.8 Å². The van der Waals surface area contributed by atoms with Crippen LogP contribution in [0, 0.1) is 12.7 Å². The van der Waals surface area contributed by atoms with Crippen LogP contribution < -0.4 is 11.3 Å². The molecular weight excluding hydrogens is 265 g/mol. The van der Waals surface area contributed by atoms with Crippen LogP contribution in [-0.4, -0.2) is 4.98 Å². The summed E-state index contributed by atoms with van der Waals surface area (Å²) in [7, 11) is 0. The number of halogens is 1. The molecule has 0 aliphatic rings. The number of hydrogen-bond donors (Lipinski definition) is 2. The molecule has 1 atom stereocenters. The second-order valence-corrected chi connectivity index (χ2v) is 5.04. The Balaban J connectivity index is 2.18. The van der Waals surface area contributed by atoms with E-state index in [0.717, 1.165) is 27.5 Å². The minimum atomic E-state index is -0.242. The van der Waals surface area contributed by atoms with Gasteiger partial charge in [0.05, 0.1) is 6.04 Å². The van der Waals surface area contributed by atoms with Crippen LogP contribution in [0.2, 0.25) is 0 Å². The molecule has 2 aromatic carbocycles. The van der Waals surface area contributed by atoms with E-state index in [9.17, 15) is 4.39 Å². The molecule has 0 aliphatic heterocycles. The fourth-order valence-corrected chi connectivity index (χ4v) is 2.71. The van der Waals surface area contributed by atoms with Crippen LogP contribution in [0.15, 0.2) is 54.9 Å². The highest BCUT2D eigenvalue weighted by molar-refractivity contribution is 5.85. The molecule has 0 amide bonds. The molecule has 0 fully saturated rings. The van der Waals surface area contributed by atoms with E-state index in [1.165, 1.54) is 12.1 Å². The van der Waals surface area contributed by atoms with Crippen molar-refractivity contribution in [3.8, 4) is 0 Å². The molecule has 0 bridgehead atoms. The van der Waals surface area contributed by atoms with Crippen molar-refractivity contribution in [2.45, 2.75) is 13.0 Å². The average molecular weight is 281 g/mol. The van der Waals surface area contributed by atoms with E-state index in [1.807, 2.05) is 37.4 Å². The van der Waals surface area contributed by atoms with Crippen molar-refractivity contribution in [1.29, 1.82) is 0 Å². The summed E-state index contributed by atoms with van der Waals surface area (Å²) in [5.74, 6) is 5.53. The zero-order chi connectivity index (χ0) is 14.8. The number of aryl methyl sites for hydroxylation is 1. The third kappa shape index (κ3) is 2.51. The Bertz CT molecular complexity index is 781. The number of benzene rings is 2. The topological polar surface area (TPSA) is 50.9 Å². The Kier molecular flexibility index (Phi) is 3.64. The van der Waals surface area contributed by atoms with E-state index >= 15 is 0 Å². The number of hydrazine groups is 1. The van der Waals surface area contributed by atoms with Gasteiger partial charge in [-0.2, -0.15) is 0 Å². The Hall–Kier alpha value is -2.30. The van der Waals surface area contributed by atoms with Crippen LogP contribution in [0.25, 0.3) is 10.8 Å². The Morgan fingerprint density at radius 2 is 2.00 bits per heavy atom. The lowest BCUT2D eigenvalue weighted by Gasteiger charge is -2.20. The largest absolute Gasteiger partial charge is 0.271 e. The number of hydrogen-bond acceptors (Lipinski definition) is 3. The summed E-state index contributed by atoms with van der Waals surface area (Å²) in [6.45, 7) is 1.88. The number of pyridine rings is 1. The van der Waals surface area contributed by atoms with E-state index in [-0.39, 0.29) is 11.9 Å². The molecule has 3 rings (SSSR count). The van der Waals surface area contributed by atoms with Crippen molar-refractivity contribution in [2.75, 3.05) is 0 Å². The van der Waals surface area contributed by atoms with Gasteiger partial charge in [0.2, 0.25) is 0 Å². The lowest BCUT2D eigenvalue weighted by atomic mass is 9.92. The maximum Gasteiger partial charge on any atom is 0.123 e. The van der Waals surface area contributed by atoms with Gasteiger partial charge in [0.1, 0.15) is 5.82 Å². The number of fused-ring (bicyclic) bond motifs is 1. The van der Waals surface area contributed by atoms with Crippen molar-refractivity contribution in [1.82, 2.24) is 10.4 Å². The zero-order valence-corrected chi connectivity index (χ0v) is 11.7. The van der Waals surface area contributed by atoms with E-state index in [0.29, 0.717) is 0 Å². The summed E-state index contributed by atoms with van der Waals surface area (Å²) in [5, 5.41) is 2.13. The van der Waals surface area contributed by atoms with Crippen LogP contribution in [0.4, 0.5) is 4.39 Å². The zero-order valence-electron chi connectivity index (χ0n) is 11.7. The van der Waals surface area contributed by atoms with Crippen LogP contribution in [-0.2, 0) is 0 Å². The third-order valence-corrected chi connectivity index (χ3v) is 3.73. The molecule has 3 nitrogen and oxygen atoms in total. The van der Waals surface area contributed by atoms with Gasteiger partial charge in [-0.1, -0.05) is 24.3 Å². The minimum Gasteiger partial charge on any atom is -0.271 e. The molecule has 3 N–H and O–H groups in total. The smallest absolute Gasteiger partial charge is 0.123 e. The summed E-state index contributed by atoms with van der Waals surface area (Å²) < 4.78 is 13.3. The van der Waals surface area contributed by atoms with Crippen LogP contribution in [0.3, 0.4) is 0 Å². The summed E-state index contributed by atoms with van der Waals surface area (Å²) in [5.41, 5.74) is 5.72. The number of nitrogens with two attached hydrogens (primary N) is 1. The predicted octanol–water partition coefficient (Wildman–Crippen LogP) is 3.24. The fraction of sp³-hybridized carbons (Fsp3) is 0.118. The number of aromatic nitrogens is 1.